The van der Waals surface area contributed by atoms with Gasteiger partial charge in [-0.05, 0) is 51.3 Å². The van der Waals surface area contributed by atoms with Crippen LogP contribution in [0.5, 0.6) is 0 Å². The normalized spacial score (nSPS) is 12.5. The Hall–Kier alpha value is -0.350. The Morgan fingerprint density at radius 1 is 0.947 bits per heavy atom. The number of benzene rings is 2. The molecule has 0 bridgehead atoms. The van der Waals surface area contributed by atoms with Gasteiger partial charge >= 0.3 is 0 Å². The van der Waals surface area contributed by atoms with Crippen LogP contribution in [0.25, 0.3) is 0 Å². The molecule has 0 nitrogen and oxygen atoms in total. The highest BCUT2D eigenvalue weighted by atomic mass is 79.9. The van der Waals surface area contributed by atoms with Crippen LogP contribution in [0.1, 0.15) is 16.5 Å². The van der Waals surface area contributed by atoms with Crippen molar-refractivity contribution in [1.29, 1.82) is 0 Å². The Bertz CT molecular complexity index is 632. The molecule has 0 amide bonds. The number of halogens is 6. The van der Waals surface area contributed by atoms with Gasteiger partial charge in [0.1, 0.15) is 0 Å². The molecule has 0 aliphatic heterocycles. The van der Waals surface area contributed by atoms with Crippen LogP contribution in [0.4, 0.5) is 8.78 Å². The van der Waals surface area contributed by atoms with E-state index >= 15 is 0 Å². The zero-order valence-electron chi connectivity index (χ0n) is 9.23. The van der Waals surface area contributed by atoms with Crippen molar-refractivity contribution >= 4 is 50.7 Å². The maximum atomic E-state index is 13.3. The minimum atomic E-state index is -1.00. The van der Waals surface area contributed by atoms with Gasteiger partial charge in [0.15, 0.2) is 11.6 Å². The van der Waals surface area contributed by atoms with E-state index in [0.29, 0.717) is 20.6 Å². The van der Waals surface area contributed by atoms with Crippen molar-refractivity contribution in [3.8, 4) is 0 Å². The molecule has 0 aliphatic rings. The lowest BCUT2D eigenvalue weighted by Crippen LogP contribution is -1.97. The van der Waals surface area contributed by atoms with E-state index < -0.39 is 17.0 Å². The van der Waals surface area contributed by atoms with Crippen LogP contribution in [0.2, 0.25) is 10.0 Å². The van der Waals surface area contributed by atoms with Crippen LogP contribution in [-0.4, -0.2) is 0 Å². The van der Waals surface area contributed by atoms with E-state index in [9.17, 15) is 8.78 Å². The highest BCUT2D eigenvalue weighted by Gasteiger charge is 2.18. The summed E-state index contributed by atoms with van der Waals surface area (Å²) in [6.07, 6.45) is 0. The van der Waals surface area contributed by atoms with Gasteiger partial charge in [-0.15, -0.1) is 11.6 Å². The summed E-state index contributed by atoms with van der Waals surface area (Å²) < 4.78 is 26.9. The zero-order valence-corrected chi connectivity index (χ0v) is 13.1. The topological polar surface area (TPSA) is 0 Å². The number of rotatable bonds is 2. The average Bonchev–Trinajstić information content (AvgIpc) is 2.36. The second kappa shape index (κ2) is 5.96. The van der Waals surface area contributed by atoms with Crippen LogP contribution in [0, 0.1) is 11.6 Å². The van der Waals surface area contributed by atoms with Gasteiger partial charge in [-0.1, -0.05) is 29.3 Å². The lowest BCUT2D eigenvalue weighted by atomic mass is 10.0. The molecule has 2 aromatic rings. The first-order valence-electron chi connectivity index (χ1n) is 5.13. The highest BCUT2D eigenvalue weighted by molar-refractivity contribution is 9.10. The molecule has 2 aromatic carbocycles. The summed E-state index contributed by atoms with van der Waals surface area (Å²) in [5, 5.41) is -0.0925. The second-order valence-corrected chi connectivity index (χ2v) is 5.93. The quantitative estimate of drug-likeness (QED) is 0.416. The minimum Gasteiger partial charge on any atom is -0.204 e. The summed E-state index contributed by atoms with van der Waals surface area (Å²) in [6.45, 7) is 0. The van der Waals surface area contributed by atoms with E-state index in [0.717, 1.165) is 12.1 Å². The van der Waals surface area contributed by atoms with Crippen molar-refractivity contribution < 1.29 is 8.78 Å². The van der Waals surface area contributed by atoms with Gasteiger partial charge in [0.25, 0.3) is 0 Å². The van der Waals surface area contributed by atoms with Gasteiger partial charge in [0, 0.05) is 9.50 Å². The lowest BCUT2D eigenvalue weighted by Gasteiger charge is -2.13. The summed E-state index contributed by atoms with van der Waals surface area (Å²) >= 11 is 21.3. The minimum absolute atomic E-state index is 0.0740. The molecule has 0 N–H and O–H groups in total. The molecule has 0 aliphatic carbocycles. The first-order valence-corrected chi connectivity index (χ1v) is 7.12. The van der Waals surface area contributed by atoms with Crippen molar-refractivity contribution in [2.75, 3.05) is 0 Å². The third-order valence-corrected chi connectivity index (χ3v) is 4.58. The lowest BCUT2D eigenvalue weighted by molar-refractivity contribution is 0.507. The Morgan fingerprint density at radius 2 is 1.58 bits per heavy atom. The predicted molar refractivity (Wildman–Crippen MR) is 78.2 cm³/mol. The Balaban J connectivity index is 2.46. The molecule has 0 heterocycles. The summed E-state index contributed by atoms with van der Waals surface area (Å²) in [5.41, 5.74) is 0.974. The summed E-state index contributed by atoms with van der Waals surface area (Å²) in [5.74, 6) is -1.99. The molecule has 0 radical (unpaired) electrons. The molecule has 19 heavy (non-hydrogen) atoms. The third kappa shape index (κ3) is 3.22. The largest absolute Gasteiger partial charge is 0.204 e. The molecule has 0 aromatic heterocycles. The number of alkyl halides is 1. The number of hydrogen-bond donors (Lipinski definition) is 0. The highest BCUT2D eigenvalue weighted by Crippen LogP contribution is 2.37. The summed E-state index contributed by atoms with van der Waals surface area (Å²) in [7, 11) is 0. The number of hydrogen-bond acceptors (Lipinski definition) is 0. The van der Waals surface area contributed by atoms with E-state index in [1.165, 1.54) is 0 Å². The molecule has 0 saturated heterocycles. The van der Waals surface area contributed by atoms with Gasteiger partial charge in [0.2, 0.25) is 0 Å². The van der Waals surface area contributed by atoms with Gasteiger partial charge in [-0.3, -0.25) is 0 Å². The first kappa shape index (κ1) is 15.0. The van der Waals surface area contributed by atoms with Crippen LogP contribution in [0.15, 0.2) is 34.8 Å². The Morgan fingerprint density at radius 3 is 2.21 bits per heavy atom. The fourth-order valence-electron chi connectivity index (χ4n) is 1.58. The maximum absolute atomic E-state index is 13.3. The molecule has 2 rings (SSSR count). The van der Waals surface area contributed by atoms with E-state index in [4.69, 9.17) is 34.8 Å². The van der Waals surface area contributed by atoms with Gasteiger partial charge in [-0.2, -0.15) is 0 Å². The molecule has 0 fully saturated rings. The van der Waals surface area contributed by atoms with Crippen LogP contribution < -0.4 is 0 Å². The second-order valence-electron chi connectivity index (χ2n) is 3.82. The third-order valence-electron chi connectivity index (χ3n) is 2.55. The predicted octanol–water partition coefficient (Wildman–Crippen LogP) is 6.36. The molecular formula is C13H6BrCl3F2. The molecule has 0 saturated carbocycles. The monoisotopic (exact) mass is 384 g/mol. The fourth-order valence-corrected chi connectivity index (χ4v) is 2.73. The van der Waals surface area contributed by atoms with Gasteiger partial charge in [0.05, 0.1) is 10.4 Å². The Labute approximate surface area is 132 Å². The first-order chi connectivity index (χ1) is 8.90. The molecule has 1 unspecified atom stereocenters. The van der Waals surface area contributed by atoms with E-state index in [-0.39, 0.29) is 5.02 Å². The fraction of sp³-hybridized carbons (Fsp3) is 0.0769. The molecule has 6 heteroatoms. The molecular weight excluding hydrogens is 380 g/mol. The van der Waals surface area contributed by atoms with Crippen LogP contribution >= 0.6 is 50.7 Å². The van der Waals surface area contributed by atoms with Crippen molar-refractivity contribution in [3.63, 3.8) is 0 Å². The summed E-state index contributed by atoms with van der Waals surface area (Å²) in [6, 6.07) is 6.97. The average molecular weight is 386 g/mol. The van der Waals surface area contributed by atoms with E-state index in [1.807, 2.05) is 0 Å². The van der Waals surface area contributed by atoms with E-state index in [2.05, 4.69) is 15.9 Å². The SMILES string of the molecule is Fc1cc(Cl)c(C(Cl)c2ccc(Cl)c(Br)c2)cc1F. The van der Waals surface area contributed by atoms with Crippen LogP contribution in [-0.2, 0) is 0 Å². The molecule has 100 valence electrons. The van der Waals surface area contributed by atoms with Crippen LogP contribution in [0.3, 0.4) is 0 Å². The maximum Gasteiger partial charge on any atom is 0.160 e. The molecule has 1 atom stereocenters. The zero-order chi connectivity index (χ0) is 14.2. The molecule has 0 spiro atoms. The van der Waals surface area contributed by atoms with Crippen molar-refractivity contribution in [2.24, 2.45) is 0 Å². The summed E-state index contributed by atoms with van der Waals surface area (Å²) in [4.78, 5) is 0. The Kier molecular flexibility index (Phi) is 4.72. The van der Waals surface area contributed by atoms with Gasteiger partial charge in [-0.25, -0.2) is 8.78 Å². The van der Waals surface area contributed by atoms with Crippen molar-refractivity contribution in [2.45, 2.75) is 5.38 Å². The van der Waals surface area contributed by atoms with E-state index in [1.54, 1.807) is 18.2 Å². The van der Waals surface area contributed by atoms with Crippen molar-refractivity contribution in [1.82, 2.24) is 0 Å². The van der Waals surface area contributed by atoms with Crippen molar-refractivity contribution in [3.05, 3.63) is 67.6 Å². The van der Waals surface area contributed by atoms with Gasteiger partial charge < -0.3 is 0 Å². The smallest absolute Gasteiger partial charge is 0.160 e. The standard InChI is InChI=1S/C13H6BrCl3F2/c14-8-3-6(1-2-9(8)15)13(17)7-4-11(18)12(19)5-10(7)16/h1-5,13H.